The van der Waals surface area contributed by atoms with E-state index in [1.807, 2.05) is 13.8 Å². The second-order valence-electron chi connectivity index (χ2n) is 8.27. The molecule has 2 aromatic heterocycles. The summed E-state index contributed by atoms with van der Waals surface area (Å²) in [5.74, 6) is 0.520. The number of halogens is 2. The maximum absolute atomic E-state index is 14.6. The Hall–Kier alpha value is -3.25. The number of nitrogens with one attached hydrogen (secondary N) is 1. The lowest BCUT2D eigenvalue weighted by Gasteiger charge is -2.16. The second kappa shape index (κ2) is 8.84. The van der Waals surface area contributed by atoms with Crippen LogP contribution < -0.4 is 15.5 Å². The third kappa shape index (κ3) is 3.76. The number of hydrogen-bond donors (Lipinski definition) is 1. The van der Waals surface area contributed by atoms with Gasteiger partial charge in [-0.25, -0.2) is 18.7 Å². The molecule has 3 heterocycles. The Balaban J connectivity index is 1.62. The van der Waals surface area contributed by atoms with Gasteiger partial charge in [-0.05, 0) is 29.8 Å². The molecule has 0 amide bonds. The molecule has 0 radical (unpaired) electrons. The lowest BCUT2D eigenvalue weighted by Crippen LogP contribution is -2.14. The van der Waals surface area contributed by atoms with E-state index in [2.05, 4.69) is 15.3 Å². The average Bonchev–Trinajstić information content (AvgIpc) is 3.52. The SMILES string of the molecule is CCP(=O)(CC)c1ncn2c(NCc3c(F)ccc4c3CCO4)ncc(-c3ccc(F)cc3)c12. The monoisotopic (exact) mass is 482 g/mol. The molecule has 0 bridgehead atoms. The number of aromatic nitrogens is 3. The van der Waals surface area contributed by atoms with E-state index in [-0.39, 0.29) is 18.2 Å². The summed E-state index contributed by atoms with van der Waals surface area (Å²) in [6, 6.07) is 9.17. The first-order valence-electron chi connectivity index (χ1n) is 11.3. The Bertz CT molecular complexity index is 1410. The van der Waals surface area contributed by atoms with Crippen molar-refractivity contribution in [3.63, 3.8) is 0 Å². The van der Waals surface area contributed by atoms with Gasteiger partial charge in [0.05, 0.1) is 12.1 Å². The molecule has 0 spiro atoms. The van der Waals surface area contributed by atoms with Crippen LogP contribution in [0.25, 0.3) is 16.6 Å². The van der Waals surface area contributed by atoms with Crippen LogP contribution in [0.5, 0.6) is 5.75 Å². The topological polar surface area (TPSA) is 68.5 Å². The van der Waals surface area contributed by atoms with Crippen LogP contribution in [0.4, 0.5) is 14.7 Å². The fourth-order valence-corrected chi connectivity index (χ4v) is 6.39. The Labute approximate surface area is 196 Å². The summed E-state index contributed by atoms with van der Waals surface area (Å²) in [7, 11) is -2.74. The first-order chi connectivity index (χ1) is 16.4. The quantitative estimate of drug-likeness (QED) is 0.365. The van der Waals surface area contributed by atoms with Crippen molar-refractivity contribution in [3.8, 4) is 16.9 Å². The van der Waals surface area contributed by atoms with Crippen molar-refractivity contribution >= 4 is 24.0 Å². The van der Waals surface area contributed by atoms with Crippen LogP contribution in [-0.4, -0.2) is 33.3 Å². The van der Waals surface area contributed by atoms with Crippen LogP contribution in [0.15, 0.2) is 48.9 Å². The van der Waals surface area contributed by atoms with Gasteiger partial charge in [-0.1, -0.05) is 26.0 Å². The summed E-state index contributed by atoms with van der Waals surface area (Å²) in [5, 5.41) is 3.23. The van der Waals surface area contributed by atoms with E-state index >= 15 is 0 Å². The van der Waals surface area contributed by atoms with Gasteiger partial charge < -0.3 is 14.6 Å². The van der Waals surface area contributed by atoms with Crippen molar-refractivity contribution in [1.82, 2.24) is 14.4 Å². The number of rotatable bonds is 7. The average molecular weight is 482 g/mol. The van der Waals surface area contributed by atoms with Crippen LogP contribution in [0, 0.1) is 11.6 Å². The Morgan fingerprint density at radius 1 is 1.09 bits per heavy atom. The van der Waals surface area contributed by atoms with E-state index in [1.54, 1.807) is 35.1 Å². The van der Waals surface area contributed by atoms with Gasteiger partial charge in [-0.2, -0.15) is 0 Å². The molecule has 0 saturated carbocycles. The van der Waals surface area contributed by atoms with Crippen LogP contribution in [0.2, 0.25) is 0 Å². The number of imidazole rings is 1. The van der Waals surface area contributed by atoms with E-state index in [0.717, 1.165) is 11.1 Å². The largest absolute Gasteiger partial charge is 0.493 e. The summed E-state index contributed by atoms with van der Waals surface area (Å²) in [6.07, 6.45) is 4.87. The highest BCUT2D eigenvalue weighted by molar-refractivity contribution is 7.71. The molecule has 1 aliphatic rings. The first-order valence-corrected chi connectivity index (χ1v) is 13.4. The maximum atomic E-state index is 14.6. The van der Waals surface area contributed by atoms with Crippen LogP contribution in [-0.2, 0) is 17.5 Å². The Kier molecular flexibility index (Phi) is 5.86. The number of ether oxygens (including phenoxy) is 1. The van der Waals surface area contributed by atoms with Gasteiger partial charge in [0.15, 0.2) is 0 Å². The minimum atomic E-state index is -2.74. The summed E-state index contributed by atoms with van der Waals surface area (Å²) >= 11 is 0. The summed E-state index contributed by atoms with van der Waals surface area (Å²) in [6.45, 7) is 4.54. The highest BCUT2D eigenvalue weighted by Gasteiger charge is 2.28. The summed E-state index contributed by atoms with van der Waals surface area (Å²) < 4.78 is 49.2. The number of benzene rings is 2. The smallest absolute Gasteiger partial charge is 0.209 e. The fraction of sp³-hybridized carbons (Fsp3) is 0.280. The van der Waals surface area contributed by atoms with E-state index in [9.17, 15) is 13.3 Å². The Morgan fingerprint density at radius 2 is 1.85 bits per heavy atom. The molecule has 34 heavy (non-hydrogen) atoms. The molecular weight excluding hydrogens is 457 g/mol. The molecule has 9 heteroatoms. The predicted molar refractivity (Wildman–Crippen MR) is 130 cm³/mol. The van der Waals surface area contributed by atoms with E-state index < -0.39 is 7.14 Å². The van der Waals surface area contributed by atoms with Crippen LogP contribution >= 0.6 is 7.14 Å². The normalized spacial score (nSPS) is 13.2. The molecule has 4 aromatic rings. The van der Waals surface area contributed by atoms with Gasteiger partial charge in [-0.3, -0.25) is 4.40 Å². The van der Waals surface area contributed by atoms with Crippen molar-refractivity contribution in [1.29, 1.82) is 0 Å². The van der Waals surface area contributed by atoms with Crippen molar-refractivity contribution in [2.24, 2.45) is 0 Å². The molecule has 6 nitrogen and oxygen atoms in total. The van der Waals surface area contributed by atoms with E-state index in [0.29, 0.717) is 59.1 Å². The standard InChI is InChI=1S/C25H25F2N4O2P/c1-3-34(32,4-2)24-23-19(16-5-7-17(26)8-6-16)13-28-25(31(23)15-30-24)29-14-20-18-11-12-33-22(18)10-9-21(20)27/h5-10,13,15H,3-4,11-12,14H2,1-2H3,(H,28,29). The van der Waals surface area contributed by atoms with Gasteiger partial charge in [0.2, 0.25) is 5.95 Å². The zero-order chi connectivity index (χ0) is 23.9. The minimum Gasteiger partial charge on any atom is -0.493 e. The third-order valence-electron chi connectivity index (χ3n) is 6.47. The maximum Gasteiger partial charge on any atom is 0.209 e. The molecule has 1 N–H and O–H groups in total. The number of anilines is 1. The molecule has 0 aliphatic carbocycles. The molecule has 1 aliphatic heterocycles. The van der Waals surface area contributed by atoms with Crippen LogP contribution in [0.1, 0.15) is 25.0 Å². The molecule has 0 saturated heterocycles. The predicted octanol–water partition coefficient (Wildman–Crippen LogP) is 5.25. The van der Waals surface area contributed by atoms with E-state index in [1.165, 1.54) is 18.2 Å². The number of nitrogens with zero attached hydrogens (tertiary/aromatic N) is 3. The molecule has 0 unspecified atom stereocenters. The van der Waals surface area contributed by atoms with E-state index in [4.69, 9.17) is 4.74 Å². The second-order valence-corrected chi connectivity index (χ2v) is 11.7. The zero-order valence-corrected chi connectivity index (χ0v) is 19.9. The van der Waals surface area contributed by atoms with Gasteiger partial charge >= 0.3 is 0 Å². The lowest BCUT2D eigenvalue weighted by molar-refractivity contribution is 0.356. The third-order valence-corrected chi connectivity index (χ3v) is 9.62. The molecule has 0 fully saturated rings. The highest BCUT2D eigenvalue weighted by Crippen LogP contribution is 2.45. The lowest BCUT2D eigenvalue weighted by atomic mass is 10.0. The van der Waals surface area contributed by atoms with Crippen molar-refractivity contribution in [2.45, 2.75) is 26.8 Å². The summed E-state index contributed by atoms with van der Waals surface area (Å²) in [5.41, 5.74) is 4.05. The minimum absolute atomic E-state index is 0.211. The first kappa shape index (κ1) is 22.5. The van der Waals surface area contributed by atoms with Gasteiger partial charge in [0, 0.05) is 48.2 Å². The summed E-state index contributed by atoms with van der Waals surface area (Å²) in [4.78, 5) is 9.12. The number of fused-ring (bicyclic) bond motifs is 2. The molecule has 5 rings (SSSR count). The Morgan fingerprint density at radius 3 is 2.59 bits per heavy atom. The van der Waals surface area contributed by atoms with Gasteiger partial charge in [0.25, 0.3) is 0 Å². The molecule has 2 aromatic carbocycles. The number of hydrogen-bond acceptors (Lipinski definition) is 5. The van der Waals surface area contributed by atoms with Crippen molar-refractivity contribution in [3.05, 3.63) is 71.7 Å². The molecule has 0 atom stereocenters. The molecule has 176 valence electrons. The van der Waals surface area contributed by atoms with Crippen LogP contribution in [0.3, 0.4) is 0 Å². The molecular formula is C25H25F2N4O2P. The van der Waals surface area contributed by atoms with Crippen molar-refractivity contribution in [2.75, 3.05) is 24.2 Å². The van der Waals surface area contributed by atoms with Crippen molar-refractivity contribution < 1.29 is 18.1 Å². The highest BCUT2D eigenvalue weighted by atomic mass is 31.2. The fourth-order valence-electron chi connectivity index (χ4n) is 4.47. The van der Waals surface area contributed by atoms with Gasteiger partial charge in [-0.15, -0.1) is 0 Å². The van der Waals surface area contributed by atoms with Gasteiger partial charge in [0.1, 0.15) is 36.3 Å². The zero-order valence-electron chi connectivity index (χ0n) is 19.0.